The van der Waals surface area contributed by atoms with Crippen molar-refractivity contribution in [1.29, 1.82) is 0 Å². The molecule has 1 aromatic carbocycles. The van der Waals surface area contributed by atoms with E-state index in [1.54, 1.807) is 6.07 Å². The summed E-state index contributed by atoms with van der Waals surface area (Å²) >= 11 is 0. The molecule has 4 rings (SSSR count). The summed E-state index contributed by atoms with van der Waals surface area (Å²) in [5, 5.41) is 3.29. The van der Waals surface area contributed by atoms with Crippen LogP contribution in [0.4, 0.5) is 5.69 Å². The van der Waals surface area contributed by atoms with Gasteiger partial charge in [-0.15, -0.1) is 0 Å². The number of carbonyl (C=O) groups is 4. The van der Waals surface area contributed by atoms with Crippen LogP contribution in [0.5, 0.6) is 0 Å². The maximum Gasteiger partial charge on any atom is 0.309 e. The van der Waals surface area contributed by atoms with E-state index in [-0.39, 0.29) is 24.3 Å². The second-order valence-electron chi connectivity index (χ2n) is 10.1. The molecule has 3 atom stereocenters. The van der Waals surface area contributed by atoms with Gasteiger partial charge in [0.15, 0.2) is 5.78 Å². The highest BCUT2D eigenvalue weighted by atomic mass is 16.6. The summed E-state index contributed by atoms with van der Waals surface area (Å²) in [6, 6.07) is 5.14. The summed E-state index contributed by atoms with van der Waals surface area (Å²) in [4.78, 5) is 50.2. The second-order valence-corrected chi connectivity index (χ2v) is 10.1. The van der Waals surface area contributed by atoms with Crippen molar-refractivity contribution in [3.63, 3.8) is 0 Å². The Morgan fingerprint density at radius 3 is 2.68 bits per heavy atom. The Hall–Kier alpha value is -3.66. The van der Waals surface area contributed by atoms with Gasteiger partial charge in [0.25, 0.3) is 5.91 Å². The number of nitrogens with one attached hydrogen (secondary N) is 1. The summed E-state index contributed by atoms with van der Waals surface area (Å²) in [7, 11) is 3.66. The van der Waals surface area contributed by atoms with Crippen LogP contribution in [0, 0.1) is 6.92 Å². The van der Waals surface area contributed by atoms with E-state index in [0.29, 0.717) is 30.6 Å². The molecule has 2 aliphatic rings. The highest BCUT2D eigenvalue weighted by molar-refractivity contribution is 6.00. The van der Waals surface area contributed by atoms with Crippen LogP contribution in [-0.4, -0.2) is 72.0 Å². The van der Waals surface area contributed by atoms with Gasteiger partial charge in [-0.3, -0.25) is 19.2 Å². The quantitative estimate of drug-likeness (QED) is 0.466. The van der Waals surface area contributed by atoms with E-state index >= 15 is 0 Å². The van der Waals surface area contributed by atoms with Crippen LogP contribution in [-0.2, 0) is 25.5 Å². The number of ether oxygens (including phenoxy) is 2. The number of hydrogen-bond donors (Lipinski definition) is 2. The molecule has 3 unspecified atom stereocenters. The minimum atomic E-state index is -0.592. The first-order chi connectivity index (χ1) is 17.5. The van der Waals surface area contributed by atoms with Gasteiger partial charge in [-0.2, -0.15) is 0 Å². The molecular weight excluding hydrogens is 476 g/mol. The number of primary amides is 1. The van der Waals surface area contributed by atoms with E-state index in [4.69, 9.17) is 15.2 Å². The first kappa shape index (κ1) is 26.4. The fourth-order valence-electron chi connectivity index (χ4n) is 4.94. The molecule has 0 radical (unpaired) electrons. The average Bonchev–Trinajstić information content (AvgIpc) is 3.41. The monoisotopic (exact) mass is 510 g/mol. The molecule has 10 heteroatoms. The Kier molecular flexibility index (Phi) is 7.68. The Labute approximate surface area is 216 Å². The maximum absolute atomic E-state index is 12.5. The van der Waals surface area contributed by atoms with Crippen molar-refractivity contribution in [3.8, 4) is 5.69 Å². The number of ketones is 1. The van der Waals surface area contributed by atoms with Crippen LogP contribution in [0.1, 0.15) is 64.6 Å². The van der Waals surface area contributed by atoms with Crippen LogP contribution in [0.15, 0.2) is 24.4 Å². The van der Waals surface area contributed by atoms with Gasteiger partial charge in [-0.1, -0.05) is 0 Å². The number of benzene rings is 1. The number of aromatic nitrogens is 1. The third kappa shape index (κ3) is 6.19. The second kappa shape index (κ2) is 10.8. The molecule has 0 saturated heterocycles. The first-order valence-electron chi connectivity index (χ1n) is 12.5. The number of carbonyl (C=O) groups excluding carboxylic acids is 4. The Morgan fingerprint density at radius 1 is 1.24 bits per heavy atom. The van der Waals surface area contributed by atoms with Crippen molar-refractivity contribution in [2.45, 2.75) is 64.2 Å². The van der Waals surface area contributed by atoms with Crippen molar-refractivity contribution < 1.29 is 28.7 Å². The van der Waals surface area contributed by atoms with E-state index in [2.05, 4.69) is 5.32 Å². The van der Waals surface area contributed by atoms with Crippen LogP contribution < -0.4 is 11.1 Å². The zero-order valence-electron chi connectivity index (χ0n) is 21.7. The summed E-state index contributed by atoms with van der Waals surface area (Å²) in [6.07, 6.45) is 3.70. The molecule has 1 aromatic heterocycles. The predicted molar refractivity (Wildman–Crippen MR) is 137 cm³/mol. The normalized spacial score (nSPS) is 19.2. The topological polar surface area (TPSA) is 133 Å². The number of hydrogen-bond acceptors (Lipinski definition) is 8. The van der Waals surface area contributed by atoms with Gasteiger partial charge < -0.3 is 30.0 Å². The fourth-order valence-corrected chi connectivity index (χ4v) is 4.94. The molecular formula is C27H34N4O6. The molecule has 0 spiro atoms. The van der Waals surface area contributed by atoms with Crippen molar-refractivity contribution in [2.75, 3.05) is 26.0 Å². The number of Topliss-reactive ketones (excluding diaryl/α,β-unsaturated/α-hetero) is 1. The Bertz CT molecular complexity index is 1230. The number of esters is 2. The molecule has 37 heavy (non-hydrogen) atoms. The number of aryl methyl sites for hydroxylation is 1. The van der Waals surface area contributed by atoms with Crippen molar-refractivity contribution in [3.05, 3.63) is 46.8 Å². The molecule has 3 N–H and O–H groups in total. The smallest absolute Gasteiger partial charge is 0.309 e. The van der Waals surface area contributed by atoms with Gasteiger partial charge in [-0.05, 0) is 57.6 Å². The zero-order chi connectivity index (χ0) is 26.9. The number of likely N-dealkylation sites (N-methyl/N-ethyl adjacent to an activating group) is 1. The molecule has 0 aliphatic heterocycles. The van der Waals surface area contributed by atoms with Gasteiger partial charge in [0.2, 0.25) is 0 Å². The molecule has 2 aromatic rings. The number of fused-ring (bicyclic) bond motifs is 1. The maximum atomic E-state index is 12.5. The third-order valence-corrected chi connectivity index (χ3v) is 6.59. The highest BCUT2D eigenvalue weighted by Crippen LogP contribution is 2.34. The van der Waals surface area contributed by atoms with Crippen LogP contribution in [0.25, 0.3) is 5.69 Å². The van der Waals surface area contributed by atoms with E-state index < -0.39 is 23.9 Å². The molecule has 1 fully saturated rings. The van der Waals surface area contributed by atoms with E-state index in [1.165, 1.54) is 6.92 Å². The fraction of sp³-hybridized carbons (Fsp3) is 0.481. The number of amides is 1. The number of anilines is 1. The number of nitrogens with zero attached hydrogens (tertiary/aromatic N) is 2. The number of rotatable bonds is 10. The van der Waals surface area contributed by atoms with Gasteiger partial charge in [0.05, 0.1) is 18.0 Å². The molecule has 198 valence electrons. The molecule has 0 bridgehead atoms. The lowest BCUT2D eigenvalue weighted by atomic mass is 9.94. The molecule has 10 nitrogen and oxygen atoms in total. The largest absolute Gasteiger partial charge is 0.461 e. The minimum absolute atomic E-state index is 0.0419. The van der Waals surface area contributed by atoms with E-state index in [9.17, 15) is 19.2 Å². The lowest BCUT2D eigenvalue weighted by molar-refractivity contribution is -0.154. The highest BCUT2D eigenvalue weighted by Gasteiger charge is 2.42. The van der Waals surface area contributed by atoms with Gasteiger partial charge in [-0.25, -0.2) is 0 Å². The van der Waals surface area contributed by atoms with Crippen LogP contribution in [0.3, 0.4) is 0 Å². The summed E-state index contributed by atoms with van der Waals surface area (Å²) < 4.78 is 12.8. The Morgan fingerprint density at radius 2 is 2.00 bits per heavy atom. The van der Waals surface area contributed by atoms with Crippen molar-refractivity contribution in [2.24, 2.45) is 5.73 Å². The standard InChI is InChI=1S/C27H34N4O6/c1-15-13-31(22-6-5-7-23(33)26(15)22)17-8-9-19(27(28)35)20(10-17)29-21-12-24(21)37-25(34)11-18(14-30(3)4)36-16(2)32/h8-10,13,18,21,24,29H,5-7,11-12,14H2,1-4H3,(H2,28,35). The van der Waals surface area contributed by atoms with E-state index in [1.807, 2.05) is 48.8 Å². The third-order valence-electron chi connectivity index (χ3n) is 6.59. The summed E-state index contributed by atoms with van der Waals surface area (Å²) in [5.41, 5.74) is 10.0. The van der Waals surface area contributed by atoms with E-state index in [0.717, 1.165) is 35.3 Å². The summed E-state index contributed by atoms with van der Waals surface area (Å²) in [6.45, 7) is 3.65. The lowest BCUT2D eigenvalue weighted by Crippen LogP contribution is -2.32. The zero-order valence-corrected chi connectivity index (χ0v) is 21.7. The van der Waals surface area contributed by atoms with Crippen LogP contribution in [0.2, 0.25) is 0 Å². The summed E-state index contributed by atoms with van der Waals surface area (Å²) in [5.74, 6) is -1.32. The van der Waals surface area contributed by atoms with Gasteiger partial charge >= 0.3 is 11.9 Å². The minimum Gasteiger partial charge on any atom is -0.461 e. The number of nitrogens with two attached hydrogens (primary N) is 1. The predicted octanol–water partition coefficient (Wildman–Crippen LogP) is 2.38. The van der Waals surface area contributed by atoms with Crippen LogP contribution >= 0.6 is 0 Å². The lowest BCUT2D eigenvalue weighted by Gasteiger charge is -2.20. The van der Waals surface area contributed by atoms with Crippen molar-refractivity contribution >= 4 is 29.3 Å². The molecule has 1 amide bonds. The molecule has 1 saturated carbocycles. The SMILES string of the molecule is CC(=O)OC(CC(=O)OC1CC1Nc1cc(-n2cc(C)c3c2CCCC3=O)ccc1C(N)=O)CN(C)C. The van der Waals surface area contributed by atoms with Gasteiger partial charge in [0.1, 0.15) is 12.2 Å². The molecule has 2 aliphatic carbocycles. The van der Waals surface area contributed by atoms with Crippen molar-refractivity contribution in [1.82, 2.24) is 9.47 Å². The Balaban J connectivity index is 1.46. The average molecular weight is 511 g/mol. The van der Waals surface area contributed by atoms with Gasteiger partial charge in [0, 0.05) is 55.1 Å². The molecule has 1 heterocycles. The first-order valence-corrected chi connectivity index (χ1v) is 12.5.